The van der Waals surface area contributed by atoms with Gasteiger partial charge in [-0.3, -0.25) is 4.79 Å². The van der Waals surface area contributed by atoms with Crippen LogP contribution in [0, 0.1) is 6.92 Å². The number of fused-ring (bicyclic) bond motifs is 1. The molecule has 35 heavy (non-hydrogen) atoms. The fraction of sp³-hybridized carbons (Fsp3) is 0.500. The van der Waals surface area contributed by atoms with Crippen molar-refractivity contribution in [2.45, 2.75) is 61.9 Å². The summed E-state index contributed by atoms with van der Waals surface area (Å²) in [4.78, 5) is 12.7. The van der Waals surface area contributed by atoms with E-state index in [9.17, 15) is 18.3 Å². The van der Waals surface area contributed by atoms with Crippen molar-refractivity contribution in [3.8, 4) is 0 Å². The number of hydrogen-bond acceptors (Lipinski definition) is 6. The Morgan fingerprint density at radius 2 is 1.83 bits per heavy atom. The lowest BCUT2D eigenvalue weighted by Gasteiger charge is -2.43. The van der Waals surface area contributed by atoms with Crippen LogP contribution in [0.25, 0.3) is 0 Å². The molecule has 0 unspecified atom stereocenters. The van der Waals surface area contributed by atoms with Gasteiger partial charge in [0.25, 0.3) is 0 Å². The Balaban J connectivity index is 1.40. The van der Waals surface area contributed by atoms with E-state index in [0.29, 0.717) is 24.9 Å². The number of rotatable bonds is 7. The third kappa shape index (κ3) is 6.48. The van der Waals surface area contributed by atoms with Crippen molar-refractivity contribution in [3.63, 3.8) is 0 Å². The Labute approximate surface area is 207 Å². The molecule has 190 valence electrons. The topological polar surface area (TPSA) is 105 Å². The fourth-order valence-corrected chi connectivity index (χ4v) is 6.76. The summed E-state index contributed by atoms with van der Waals surface area (Å²) in [5.41, 5.74) is 1.81. The molecule has 0 aliphatic carbocycles. The number of benzene rings is 2. The maximum atomic E-state index is 13.6. The van der Waals surface area contributed by atoms with Crippen molar-refractivity contribution >= 4 is 15.9 Å². The summed E-state index contributed by atoms with van der Waals surface area (Å²) < 4.78 is 40.5. The van der Waals surface area contributed by atoms with E-state index in [1.165, 1.54) is 4.31 Å². The molecular formula is C26H34N2O6S. The van der Waals surface area contributed by atoms with Crippen LogP contribution in [0.4, 0.5) is 0 Å². The van der Waals surface area contributed by atoms with E-state index in [4.69, 9.17) is 9.47 Å². The summed E-state index contributed by atoms with van der Waals surface area (Å²) in [6, 6.07) is 16.3. The number of nitrogens with one attached hydrogen (secondary N) is 1. The third-order valence-corrected chi connectivity index (χ3v) is 8.66. The number of sulfonamides is 1. The standard InChI is InChI=1S/C26H34N2O6S/c1-19-7-5-6-10-25(19)35(31,32)28-16-21(29)17-33-18-24-23(28)12-11-22(34-24)15-26(30)27-14-13-20-8-3-2-4-9-20/h2-10,21-24,29H,11-18H2,1H3,(H,27,30)/t21-,22-,23-,24+/m1/s1. The minimum atomic E-state index is -3.86. The van der Waals surface area contributed by atoms with E-state index < -0.39 is 28.3 Å². The highest BCUT2D eigenvalue weighted by molar-refractivity contribution is 7.89. The summed E-state index contributed by atoms with van der Waals surface area (Å²) in [5, 5.41) is 13.3. The first kappa shape index (κ1) is 25.8. The Morgan fingerprint density at radius 1 is 1.09 bits per heavy atom. The van der Waals surface area contributed by atoms with Gasteiger partial charge in [-0.15, -0.1) is 0 Å². The average molecular weight is 503 g/mol. The molecule has 2 heterocycles. The molecule has 2 saturated heterocycles. The number of aryl methyl sites for hydroxylation is 1. The lowest BCUT2D eigenvalue weighted by molar-refractivity contribution is -0.146. The maximum absolute atomic E-state index is 13.6. The molecule has 2 fully saturated rings. The molecule has 0 radical (unpaired) electrons. The predicted molar refractivity (Wildman–Crippen MR) is 131 cm³/mol. The van der Waals surface area contributed by atoms with Crippen molar-refractivity contribution in [1.29, 1.82) is 0 Å². The van der Waals surface area contributed by atoms with Crippen molar-refractivity contribution in [1.82, 2.24) is 9.62 Å². The van der Waals surface area contributed by atoms with Gasteiger partial charge in [-0.2, -0.15) is 4.31 Å². The minimum absolute atomic E-state index is 0.0248. The van der Waals surface area contributed by atoms with Gasteiger partial charge in [0.05, 0.1) is 48.9 Å². The highest BCUT2D eigenvalue weighted by Crippen LogP contribution is 2.32. The van der Waals surface area contributed by atoms with Crippen molar-refractivity contribution < 1.29 is 27.8 Å². The number of aliphatic hydroxyl groups is 1. The van der Waals surface area contributed by atoms with Crippen molar-refractivity contribution in [3.05, 3.63) is 65.7 Å². The maximum Gasteiger partial charge on any atom is 0.243 e. The van der Waals surface area contributed by atoms with E-state index in [2.05, 4.69) is 5.32 Å². The second-order valence-corrected chi connectivity index (χ2v) is 11.1. The lowest BCUT2D eigenvalue weighted by atomic mass is 9.96. The van der Waals surface area contributed by atoms with Crippen LogP contribution in [0.1, 0.15) is 30.4 Å². The average Bonchev–Trinajstić information content (AvgIpc) is 2.82. The second-order valence-electron chi connectivity index (χ2n) is 9.26. The molecule has 4 atom stereocenters. The number of nitrogens with zero attached hydrogens (tertiary/aromatic N) is 1. The zero-order chi connectivity index (χ0) is 24.8. The zero-order valence-electron chi connectivity index (χ0n) is 20.0. The van der Waals surface area contributed by atoms with Gasteiger partial charge in [-0.1, -0.05) is 48.5 Å². The molecule has 9 heteroatoms. The number of amides is 1. The molecule has 2 aromatic carbocycles. The predicted octanol–water partition coefficient (Wildman–Crippen LogP) is 2.04. The smallest absolute Gasteiger partial charge is 0.243 e. The molecule has 2 aliphatic heterocycles. The molecule has 0 aromatic heterocycles. The quantitative estimate of drug-likeness (QED) is 0.601. The van der Waals surface area contributed by atoms with Crippen LogP contribution >= 0.6 is 0 Å². The van der Waals surface area contributed by atoms with Crippen molar-refractivity contribution in [2.24, 2.45) is 0 Å². The third-order valence-electron chi connectivity index (χ3n) is 6.61. The van der Waals surface area contributed by atoms with Crippen LogP contribution in [-0.4, -0.2) is 74.4 Å². The van der Waals surface area contributed by atoms with E-state index in [-0.39, 0.29) is 43.1 Å². The summed E-state index contributed by atoms with van der Waals surface area (Å²) in [5.74, 6) is -0.0871. The first-order valence-electron chi connectivity index (χ1n) is 12.1. The molecule has 2 N–H and O–H groups in total. The van der Waals surface area contributed by atoms with Crippen LogP contribution in [0.15, 0.2) is 59.5 Å². The van der Waals surface area contributed by atoms with Gasteiger partial charge in [0.1, 0.15) is 0 Å². The fourth-order valence-electron chi connectivity index (χ4n) is 4.81. The van der Waals surface area contributed by atoms with Gasteiger partial charge in [0.2, 0.25) is 15.9 Å². The number of β-amino-alcohol motifs (C(OH)–C–C–N with tert-alkyl or cyclic N) is 1. The molecule has 0 saturated carbocycles. The van der Waals surface area contributed by atoms with Crippen LogP contribution in [0.2, 0.25) is 0 Å². The second kappa shape index (κ2) is 11.6. The van der Waals surface area contributed by atoms with E-state index in [0.717, 1.165) is 12.0 Å². The monoisotopic (exact) mass is 502 g/mol. The van der Waals surface area contributed by atoms with Crippen LogP contribution in [0.5, 0.6) is 0 Å². The molecule has 8 nitrogen and oxygen atoms in total. The van der Waals surface area contributed by atoms with Gasteiger partial charge >= 0.3 is 0 Å². The normalized spacial score (nSPS) is 25.8. The van der Waals surface area contributed by atoms with Gasteiger partial charge in [-0.05, 0) is 43.4 Å². The zero-order valence-corrected chi connectivity index (χ0v) is 20.8. The molecule has 0 spiro atoms. The van der Waals surface area contributed by atoms with Gasteiger partial charge in [0.15, 0.2) is 0 Å². The highest BCUT2D eigenvalue weighted by atomic mass is 32.2. The number of carbonyl (C=O) groups excluding carboxylic acids is 1. The first-order valence-corrected chi connectivity index (χ1v) is 13.6. The van der Waals surface area contributed by atoms with Gasteiger partial charge in [-0.25, -0.2) is 8.42 Å². The van der Waals surface area contributed by atoms with E-state index in [1.54, 1.807) is 31.2 Å². The summed E-state index contributed by atoms with van der Waals surface area (Å²) in [6.45, 7) is 2.43. The molecule has 4 rings (SSSR count). The van der Waals surface area contributed by atoms with E-state index in [1.807, 2.05) is 30.3 Å². The number of ether oxygens (including phenoxy) is 2. The Hall–Kier alpha value is -2.30. The minimum Gasteiger partial charge on any atom is -0.389 e. The van der Waals surface area contributed by atoms with Gasteiger partial charge in [0, 0.05) is 13.1 Å². The summed E-state index contributed by atoms with van der Waals surface area (Å²) in [7, 11) is -3.86. The SMILES string of the molecule is Cc1ccccc1S(=O)(=O)N1C[C@@H](O)COC[C@@H]2O[C@@H](CC(=O)NCCc3ccccc3)CC[C@H]21. The Bertz CT molecular complexity index is 1090. The summed E-state index contributed by atoms with van der Waals surface area (Å²) in [6.07, 6.45) is 0.274. The Morgan fingerprint density at radius 3 is 2.60 bits per heavy atom. The van der Waals surface area contributed by atoms with Crippen molar-refractivity contribution in [2.75, 3.05) is 26.3 Å². The Kier molecular flexibility index (Phi) is 8.56. The van der Waals surface area contributed by atoms with E-state index >= 15 is 0 Å². The summed E-state index contributed by atoms with van der Waals surface area (Å²) >= 11 is 0. The van der Waals surface area contributed by atoms with Crippen LogP contribution < -0.4 is 5.32 Å². The molecule has 0 bridgehead atoms. The number of hydrogen-bond donors (Lipinski definition) is 2. The largest absolute Gasteiger partial charge is 0.389 e. The molecular weight excluding hydrogens is 468 g/mol. The first-order chi connectivity index (χ1) is 16.8. The number of aliphatic hydroxyl groups excluding tert-OH is 1. The van der Waals surface area contributed by atoms with Gasteiger partial charge < -0.3 is 19.9 Å². The molecule has 1 amide bonds. The van der Waals surface area contributed by atoms with Crippen LogP contribution in [-0.2, 0) is 30.7 Å². The highest BCUT2D eigenvalue weighted by Gasteiger charge is 2.43. The van der Waals surface area contributed by atoms with Crippen LogP contribution in [0.3, 0.4) is 0 Å². The molecule has 2 aliphatic rings. The molecule has 2 aromatic rings. The lowest BCUT2D eigenvalue weighted by Crippen LogP contribution is -2.57. The number of carbonyl (C=O) groups is 1.